The molecule has 0 spiro atoms. The fraction of sp³-hybridized carbons (Fsp3) is 0.231. The number of aryl methyl sites for hydroxylation is 1. The smallest absolute Gasteiger partial charge is 0.243 e. The van der Waals surface area contributed by atoms with Crippen molar-refractivity contribution < 1.29 is 17.2 Å². The van der Waals surface area contributed by atoms with Gasteiger partial charge >= 0.3 is 0 Å². The molecular weight excluding hydrogens is 318 g/mol. The van der Waals surface area contributed by atoms with E-state index in [4.69, 9.17) is 5.73 Å². The van der Waals surface area contributed by atoms with Gasteiger partial charge in [-0.15, -0.1) is 0 Å². The van der Waals surface area contributed by atoms with Crippen LogP contribution >= 0.6 is 11.3 Å². The first-order chi connectivity index (χ1) is 9.85. The number of hydrogen-bond donors (Lipinski definition) is 2. The summed E-state index contributed by atoms with van der Waals surface area (Å²) < 4.78 is 53.7. The Morgan fingerprint density at radius 3 is 2.57 bits per heavy atom. The van der Waals surface area contributed by atoms with Crippen LogP contribution in [-0.2, 0) is 23.1 Å². The van der Waals surface area contributed by atoms with Crippen LogP contribution in [0.25, 0.3) is 0 Å². The molecule has 0 atom stereocenters. The van der Waals surface area contributed by atoms with E-state index in [1.165, 1.54) is 11.3 Å². The lowest BCUT2D eigenvalue weighted by Gasteiger charge is -2.10. The summed E-state index contributed by atoms with van der Waals surface area (Å²) >= 11 is 1.44. The fourth-order valence-electron chi connectivity index (χ4n) is 1.75. The van der Waals surface area contributed by atoms with E-state index in [0.29, 0.717) is 0 Å². The van der Waals surface area contributed by atoms with Gasteiger partial charge in [0.2, 0.25) is 10.0 Å². The van der Waals surface area contributed by atoms with E-state index in [0.717, 1.165) is 23.3 Å². The highest BCUT2D eigenvalue weighted by molar-refractivity contribution is 7.89. The molecule has 2 aromatic rings. The third kappa shape index (κ3) is 3.46. The van der Waals surface area contributed by atoms with Crippen LogP contribution < -0.4 is 10.5 Å². The highest BCUT2D eigenvalue weighted by Crippen LogP contribution is 2.21. The number of thiophene rings is 1. The number of hydrogen-bond acceptors (Lipinski definition) is 4. The summed E-state index contributed by atoms with van der Waals surface area (Å²) in [6, 6.07) is 1.93. The maximum atomic E-state index is 13.7. The zero-order valence-corrected chi connectivity index (χ0v) is 12.8. The van der Waals surface area contributed by atoms with Gasteiger partial charge in [-0.2, -0.15) is 11.3 Å². The zero-order chi connectivity index (χ0) is 15.6. The highest BCUT2D eigenvalue weighted by Gasteiger charge is 2.23. The predicted octanol–water partition coefficient (Wildman–Crippen LogP) is 2.27. The van der Waals surface area contributed by atoms with Crippen molar-refractivity contribution >= 4 is 21.4 Å². The summed E-state index contributed by atoms with van der Waals surface area (Å²) in [5, 5.41) is 3.67. The van der Waals surface area contributed by atoms with E-state index in [1.807, 2.05) is 12.3 Å². The molecule has 3 N–H and O–H groups in total. The monoisotopic (exact) mass is 332 g/mol. The molecule has 21 heavy (non-hydrogen) atoms. The van der Waals surface area contributed by atoms with E-state index in [1.54, 1.807) is 5.38 Å². The third-order valence-corrected chi connectivity index (χ3v) is 5.30. The minimum absolute atomic E-state index is 0.0194. The molecule has 0 fully saturated rings. The molecule has 0 bridgehead atoms. The molecular formula is C13H14F2N2O2S2. The number of benzene rings is 1. The first-order valence-electron chi connectivity index (χ1n) is 6.04. The molecule has 1 aromatic carbocycles. The molecule has 1 heterocycles. The molecule has 2 rings (SSSR count). The molecule has 0 amide bonds. The average Bonchev–Trinajstić information content (AvgIpc) is 2.84. The fourth-order valence-corrected chi connectivity index (χ4v) is 3.75. The van der Waals surface area contributed by atoms with Crippen LogP contribution in [0.1, 0.15) is 16.7 Å². The van der Waals surface area contributed by atoms with Crippen LogP contribution in [0.2, 0.25) is 0 Å². The first-order valence-corrected chi connectivity index (χ1v) is 8.47. The van der Waals surface area contributed by atoms with Crippen molar-refractivity contribution in [1.82, 2.24) is 4.72 Å². The van der Waals surface area contributed by atoms with Crippen molar-refractivity contribution in [2.75, 3.05) is 0 Å². The predicted molar refractivity (Wildman–Crippen MR) is 77.3 cm³/mol. The van der Waals surface area contributed by atoms with Gasteiger partial charge in [-0.3, -0.25) is 0 Å². The van der Waals surface area contributed by atoms with Crippen LogP contribution in [0, 0.1) is 18.6 Å². The Kier molecular flexibility index (Phi) is 4.72. The van der Waals surface area contributed by atoms with Crippen molar-refractivity contribution in [2.24, 2.45) is 5.73 Å². The standard InChI is InChI=1S/C13H14F2N2O2S2/c1-8-6-20-7-10(8)5-17-21(18,19)12-3-9(4-16)2-11(14)13(12)15/h2-3,6-7,17H,4-5,16H2,1H3. The van der Waals surface area contributed by atoms with Crippen LogP contribution in [0.4, 0.5) is 8.78 Å². The minimum Gasteiger partial charge on any atom is -0.326 e. The van der Waals surface area contributed by atoms with Gasteiger partial charge < -0.3 is 5.73 Å². The molecule has 0 aliphatic heterocycles. The molecule has 0 saturated heterocycles. The Morgan fingerprint density at radius 2 is 2.00 bits per heavy atom. The van der Waals surface area contributed by atoms with Crippen molar-refractivity contribution in [3.63, 3.8) is 0 Å². The number of sulfonamides is 1. The van der Waals surface area contributed by atoms with E-state index in [-0.39, 0.29) is 18.7 Å². The van der Waals surface area contributed by atoms with Crippen molar-refractivity contribution in [3.05, 3.63) is 51.2 Å². The summed E-state index contributed by atoms with van der Waals surface area (Å²) in [7, 11) is -4.15. The second-order valence-electron chi connectivity index (χ2n) is 4.50. The molecule has 0 saturated carbocycles. The van der Waals surface area contributed by atoms with Gasteiger partial charge in [0, 0.05) is 13.1 Å². The van der Waals surface area contributed by atoms with Crippen LogP contribution in [0.3, 0.4) is 0 Å². The SMILES string of the molecule is Cc1cscc1CNS(=O)(=O)c1cc(CN)cc(F)c1F. The van der Waals surface area contributed by atoms with Gasteiger partial charge in [0.05, 0.1) is 0 Å². The van der Waals surface area contributed by atoms with Crippen molar-refractivity contribution in [1.29, 1.82) is 0 Å². The summed E-state index contributed by atoms with van der Waals surface area (Å²) in [6.45, 7) is 1.78. The molecule has 8 heteroatoms. The van der Waals surface area contributed by atoms with E-state index >= 15 is 0 Å². The lowest BCUT2D eigenvalue weighted by Crippen LogP contribution is -2.25. The lowest BCUT2D eigenvalue weighted by atomic mass is 10.2. The van der Waals surface area contributed by atoms with Gasteiger partial charge in [0.1, 0.15) is 4.90 Å². The second kappa shape index (κ2) is 6.18. The van der Waals surface area contributed by atoms with Crippen molar-refractivity contribution in [3.8, 4) is 0 Å². The average molecular weight is 332 g/mol. The Hall–Kier alpha value is -1.35. The summed E-state index contributed by atoms with van der Waals surface area (Å²) in [5.41, 5.74) is 7.28. The number of rotatable bonds is 5. The number of nitrogens with one attached hydrogen (secondary N) is 1. The van der Waals surface area contributed by atoms with E-state index in [9.17, 15) is 17.2 Å². The minimum atomic E-state index is -4.15. The van der Waals surface area contributed by atoms with Crippen LogP contribution in [0.15, 0.2) is 27.8 Å². The number of nitrogens with two attached hydrogens (primary N) is 1. The largest absolute Gasteiger partial charge is 0.326 e. The normalized spacial score (nSPS) is 11.8. The van der Waals surface area contributed by atoms with Gasteiger partial charge in [-0.05, 0) is 46.5 Å². The van der Waals surface area contributed by atoms with Crippen LogP contribution in [-0.4, -0.2) is 8.42 Å². The molecule has 114 valence electrons. The maximum Gasteiger partial charge on any atom is 0.243 e. The van der Waals surface area contributed by atoms with Gasteiger partial charge in [0.25, 0.3) is 0 Å². The Labute approximate surface area is 125 Å². The molecule has 0 unspecified atom stereocenters. The molecule has 0 aliphatic carbocycles. The van der Waals surface area contributed by atoms with E-state index < -0.39 is 26.6 Å². The second-order valence-corrected chi connectivity index (χ2v) is 6.98. The Morgan fingerprint density at radius 1 is 1.29 bits per heavy atom. The van der Waals surface area contributed by atoms with Crippen molar-refractivity contribution in [2.45, 2.75) is 24.9 Å². The zero-order valence-electron chi connectivity index (χ0n) is 11.2. The molecule has 0 radical (unpaired) electrons. The quantitative estimate of drug-likeness (QED) is 0.882. The first kappa shape index (κ1) is 16.0. The summed E-state index contributed by atoms with van der Waals surface area (Å²) in [6.07, 6.45) is 0. The van der Waals surface area contributed by atoms with Gasteiger partial charge in [-0.1, -0.05) is 0 Å². The summed E-state index contributed by atoms with van der Waals surface area (Å²) in [4.78, 5) is -0.726. The van der Waals surface area contributed by atoms with Gasteiger partial charge in [0.15, 0.2) is 11.6 Å². The molecule has 4 nitrogen and oxygen atoms in total. The maximum absolute atomic E-state index is 13.7. The molecule has 1 aromatic heterocycles. The topological polar surface area (TPSA) is 72.2 Å². The number of halogens is 2. The lowest BCUT2D eigenvalue weighted by molar-refractivity contribution is 0.481. The van der Waals surface area contributed by atoms with Crippen LogP contribution in [0.5, 0.6) is 0 Å². The summed E-state index contributed by atoms with van der Waals surface area (Å²) in [5.74, 6) is -2.63. The molecule has 0 aliphatic rings. The van der Waals surface area contributed by atoms with Gasteiger partial charge in [-0.25, -0.2) is 21.9 Å². The Balaban J connectivity index is 2.31. The Bertz CT molecular complexity index is 758. The van der Waals surface area contributed by atoms with E-state index in [2.05, 4.69) is 4.72 Å². The highest BCUT2D eigenvalue weighted by atomic mass is 32.2. The third-order valence-electron chi connectivity index (χ3n) is 2.99.